The Morgan fingerprint density at radius 3 is 1.93 bits per heavy atom. The third-order valence-corrected chi connectivity index (χ3v) is 11.1. The van der Waals surface area contributed by atoms with Gasteiger partial charge in [0.25, 0.3) is 0 Å². The van der Waals surface area contributed by atoms with Gasteiger partial charge in [0.15, 0.2) is 0 Å². The molecule has 4 N–H and O–H groups in total. The highest BCUT2D eigenvalue weighted by Gasteiger charge is 2.40. The Bertz CT molecular complexity index is 2310. The van der Waals surface area contributed by atoms with Crippen LogP contribution >= 0.6 is 0 Å². The van der Waals surface area contributed by atoms with E-state index in [1.165, 1.54) is 28.4 Å². The van der Waals surface area contributed by atoms with Gasteiger partial charge in [-0.05, 0) is 63.8 Å². The Hall–Kier alpha value is -6.14. The molecule has 7 rings (SSSR count). The van der Waals surface area contributed by atoms with Crippen molar-refractivity contribution < 1.29 is 38.1 Å². The van der Waals surface area contributed by atoms with E-state index in [1.807, 2.05) is 42.5 Å². The van der Waals surface area contributed by atoms with Crippen molar-refractivity contribution in [3.8, 4) is 22.5 Å². The number of nitrogens with one attached hydrogen (secondary N) is 4. The number of hydrogen-bond donors (Lipinski definition) is 4. The largest absolute Gasteiger partial charge is 0.453 e. The van der Waals surface area contributed by atoms with Crippen LogP contribution in [0.5, 0.6) is 0 Å². The fourth-order valence-electron chi connectivity index (χ4n) is 7.73. The summed E-state index contributed by atoms with van der Waals surface area (Å²) < 4.78 is 20.3. The van der Waals surface area contributed by atoms with Crippen LogP contribution in [0.15, 0.2) is 48.7 Å². The number of likely N-dealkylation sites (tertiary alicyclic amines) is 2. The van der Waals surface area contributed by atoms with E-state index in [-0.39, 0.29) is 23.9 Å². The molecule has 2 aliphatic rings. The summed E-state index contributed by atoms with van der Waals surface area (Å²) in [5.41, 5.74) is 5.38. The molecule has 2 aromatic carbocycles. The summed E-state index contributed by atoms with van der Waals surface area (Å²) in [4.78, 5) is 71.2. The number of carbonyl (C=O) groups is 4. The van der Waals surface area contributed by atoms with Crippen molar-refractivity contribution >= 4 is 45.9 Å². The first-order valence-corrected chi connectivity index (χ1v) is 19.2. The molecule has 5 heterocycles. The number of aromatic nitrogens is 6. The number of hydrogen-bond acceptors (Lipinski definition) is 12. The van der Waals surface area contributed by atoms with Gasteiger partial charge in [0.1, 0.15) is 23.7 Å². The number of rotatable bonds is 12. The van der Waals surface area contributed by atoms with Crippen molar-refractivity contribution in [2.75, 3.05) is 41.5 Å². The summed E-state index contributed by atoms with van der Waals surface area (Å²) in [6, 6.07) is 11.3. The van der Waals surface area contributed by atoms with E-state index in [1.54, 1.807) is 29.8 Å². The quantitative estimate of drug-likeness (QED) is 0.138. The van der Waals surface area contributed by atoms with Crippen LogP contribution in [0.2, 0.25) is 0 Å². The molecule has 6 unspecified atom stereocenters. The third kappa shape index (κ3) is 8.02. The average molecular weight is 797 g/mol. The first-order chi connectivity index (χ1) is 28.0. The van der Waals surface area contributed by atoms with Crippen molar-refractivity contribution in [3.63, 3.8) is 0 Å². The highest BCUT2D eigenvalue weighted by Crippen LogP contribution is 2.35. The maximum absolute atomic E-state index is 13.7. The second-order valence-electron chi connectivity index (χ2n) is 14.5. The molecule has 0 spiro atoms. The number of methoxy groups -OCH3 is 4. The van der Waals surface area contributed by atoms with E-state index in [4.69, 9.17) is 23.9 Å². The van der Waals surface area contributed by atoms with Gasteiger partial charge in [-0.2, -0.15) is 0 Å². The summed E-state index contributed by atoms with van der Waals surface area (Å²) in [5.74, 6) is 0.769. The van der Waals surface area contributed by atoms with Gasteiger partial charge in [-0.25, -0.2) is 19.6 Å². The van der Waals surface area contributed by atoms with Crippen LogP contribution in [0.3, 0.4) is 0 Å². The number of ether oxygens (including phenoxy) is 4. The average Bonchev–Trinajstić information content (AvgIpc) is 4.09. The molecule has 18 heteroatoms. The molecule has 2 fully saturated rings. The van der Waals surface area contributed by atoms with Gasteiger partial charge in [-0.1, -0.05) is 18.2 Å². The summed E-state index contributed by atoms with van der Waals surface area (Å²) in [6.07, 6.45) is 2.18. The van der Waals surface area contributed by atoms with Crippen molar-refractivity contribution in [2.24, 2.45) is 0 Å². The van der Waals surface area contributed by atoms with Gasteiger partial charge in [0, 0.05) is 43.8 Å². The number of aromatic amines is 2. The molecule has 2 saturated heterocycles. The summed E-state index contributed by atoms with van der Waals surface area (Å²) in [7, 11) is 5.48. The summed E-state index contributed by atoms with van der Waals surface area (Å²) >= 11 is 0. The molecule has 18 nitrogen and oxygen atoms in total. The second-order valence-corrected chi connectivity index (χ2v) is 14.5. The first-order valence-electron chi connectivity index (χ1n) is 19.2. The van der Waals surface area contributed by atoms with Crippen LogP contribution < -0.4 is 10.6 Å². The topological polar surface area (TPSA) is 219 Å². The lowest BCUT2D eigenvalue weighted by atomic mass is 10.1. The van der Waals surface area contributed by atoms with Crippen LogP contribution in [0.1, 0.15) is 63.3 Å². The van der Waals surface area contributed by atoms with Crippen molar-refractivity contribution in [3.05, 3.63) is 60.3 Å². The Balaban J connectivity index is 1.07. The van der Waals surface area contributed by atoms with Gasteiger partial charge >= 0.3 is 12.2 Å². The Kier molecular flexibility index (Phi) is 11.8. The second kappa shape index (κ2) is 17.2. The molecular weight excluding hydrogens is 749 g/mol. The fraction of sp³-hybridized carbons (Fsp3) is 0.450. The van der Waals surface area contributed by atoms with E-state index < -0.39 is 36.5 Å². The van der Waals surface area contributed by atoms with Crippen LogP contribution in [0.25, 0.3) is 44.5 Å². The fourth-order valence-corrected chi connectivity index (χ4v) is 7.73. The minimum Gasteiger partial charge on any atom is -0.453 e. The lowest BCUT2D eigenvalue weighted by Crippen LogP contribution is -2.54. The lowest BCUT2D eigenvalue weighted by molar-refractivity contribution is -0.138. The van der Waals surface area contributed by atoms with Crippen molar-refractivity contribution in [2.45, 2.75) is 75.9 Å². The highest BCUT2D eigenvalue weighted by molar-refractivity contribution is 5.89. The third-order valence-electron chi connectivity index (χ3n) is 11.1. The van der Waals surface area contributed by atoms with Crippen LogP contribution in [0, 0.1) is 0 Å². The van der Waals surface area contributed by atoms with E-state index in [0.29, 0.717) is 48.8 Å². The van der Waals surface area contributed by atoms with Gasteiger partial charge < -0.3 is 49.3 Å². The number of carbonyl (C=O) groups excluding carboxylic acids is 4. The number of H-pyrrole nitrogens is 2. The molecule has 0 radical (unpaired) electrons. The zero-order chi connectivity index (χ0) is 41.1. The molecule has 58 heavy (non-hydrogen) atoms. The predicted molar refractivity (Wildman–Crippen MR) is 211 cm³/mol. The standard InChI is InChI=1S/C40H48N10O8/c1-21(55-3)33(45-39(53)57-5)37(51)49-15-7-9-31(49)35-41-20-30(44-35)25-12-11-23-17-27(47-48-28(23)18-25)24-13-14-26-29(19-24)43-36(42-26)32-10-8-16-50(32)38(52)34(22(2)56-4)46-40(54)58-6/h11-14,17-22,31-34H,7-10,15-16H2,1-6H3,(H,41,44)(H,42,43)(H,45,53)(H,46,54). The zero-order valence-electron chi connectivity index (χ0n) is 33.3. The highest BCUT2D eigenvalue weighted by atomic mass is 16.5. The SMILES string of the molecule is COC(=O)NC(C(=O)N1CCCC1c1ncc(-c2ccc3cc(-c4ccc5nc(C6CCCN6C(=O)C(NC(=O)OC)C(C)OC)[nH]c5c4)nnc3c2)[nH]1)C(C)OC. The van der Waals surface area contributed by atoms with Crippen LogP contribution in [-0.4, -0.2) is 130 Å². The molecule has 0 saturated carbocycles. The smallest absolute Gasteiger partial charge is 0.407 e. The maximum atomic E-state index is 13.7. The lowest BCUT2D eigenvalue weighted by Gasteiger charge is -2.30. The first kappa shape index (κ1) is 40.1. The van der Waals surface area contributed by atoms with Crippen LogP contribution in [0.4, 0.5) is 9.59 Å². The number of imidazole rings is 2. The molecule has 0 bridgehead atoms. The summed E-state index contributed by atoms with van der Waals surface area (Å²) in [6.45, 7) is 4.48. The van der Waals surface area contributed by atoms with Crippen molar-refractivity contribution in [1.29, 1.82) is 0 Å². The Labute approximate surface area is 334 Å². The number of alkyl carbamates (subject to hydrolysis) is 2. The van der Waals surface area contributed by atoms with Gasteiger partial charge in [-0.15, -0.1) is 10.2 Å². The number of fused-ring (bicyclic) bond motifs is 2. The molecular formula is C40H48N10O8. The number of benzene rings is 2. The predicted octanol–water partition coefficient (Wildman–Crippen LogP) is 4.41. The van der Waals surface area contributed by atoms with E-state index >= 15 is 0 Å². The summed E-state index contributed by atoms with van der Waals surface area (Å²) in [5, 5.41) is 15.3. The molecule has 2 aliphatic heterocycles. The van der Waals surface area contributed by atoms with E-state index in [2.05, 4.69) is 35.8 Å². The molecule has 4 amide bonds. The van der Waals surface area contributed by atoms with Gasteiger partial charge in [0.2, 0.25) is 11.8 Å². The monoisotopic (exact) mass is 796 g/mol. The Morgan fingerprint density at radius 1 is 0.724 bits per heavy atom. The van der Waals surface area contributed by atoms with Crippen molar-refractivity contribution in [1.82, 2.24) is 50.6 Å². The van der Waals surface area contributed by atoms with Crippen LogP contribution in [-0.2, 0) is 28.5 Å². The molecule has 3 aromatic heterocycles. The zero-order valence-corrected chi connectivity index (χ0v) is 33.3. The molecule has 306 valence electrons. The number of amides is 4. The van der Waals surface area contributed by atoms with Gasteiger partial charge in [0.05, 0.1) is 72.6 Å². The maximum Gasteiger partial charge on any atom is 0.407 e. The molecule has 0 aliphatic carbocycles. The molecule has 5 aromatic rings. The normalized spacial score (nSPS) is 18.9. The van der Waals surface area contributed by atoms with Gasteiger partial charge in [-0.3, -0.25) is 9.59 Å². The number of nitrogens with zero attached hydrogens (tertiary/aromatic N) is 6. The van der Waals surface area contributed by atoms with E-state index in [0.717, 1.165) is 46.1 Å². The molecule has 6 atom stereocenters. The minimum absolute atomic E-state index is 0.268. The minimum atomic E-state index is -0.920. The van der Waals surface area contributed by atoms with E-state index in [9.17, 15) is 19.2 Å². The Morgan fingerprint density at radius 2 is 1.33 bits per heavy atom.